The summed E-state index contributed by atoms with van der Waals surface area (Å²) in [6, 6.07) is 10.5. The lowest BCUT2D eigenvalue weighted by Crippen LogP contribution is -2.54. The van der Waals surface area contributed by atoms with Gasteiger partial charge in [0, 0.05) is 13.1 Å². The number of carbonyl (C=O) groups is 4. The first kappa shape index (κ1) is 30.7. The molecule has 2 aromatic carbocycles. The number of carboxylic acids is 1. The third-order valence-corrected chi connectivity index (χ3v) is 5.32. The van der Waals surface area contributed by atoms with Crippen LogP contribution in [0.1, 0.15) is 38.8 Å². The number of aryl methyl sites for hydroxylation is 1. The van der Waals surface area contributed by atoms with E-state index in [1.54, 1.807) is 13.8 Å². The van der Waals surface area contributed by atoms with Crippen molar-refractivity contribution in [2.75, 3.05) is 13.6 Å². The fourth-order valence-corrected chi connectivity index (χ4v) is 3.17. The molecule has 210 valence electrons. The number of hydrogen-bond acceptors (Lipinski definition) is 6. The first-order chi connectivity index (χ1) is 18.2. The number of halogens is 1. The van der Waals surface area contributed by atoms with Gasteiger partial charge in [0.1, 0.15) is 12.1 Å². The van der Waals surface area contributed by atoms with Gasteiger partial charge in [-0.2, -0.15) is 0 Å². The predicted octanol–water partition coefficient (Wildman–Crippen LogP) is 3.19. The van der Waals surface area contributed by atoms with Gasteiger partial charge in [0.2, 0.25) is 18.3 Å². The highest BCUT2D eigenvalue weighted by atomic mass is 19.1. The van der Waals surface area contributed by atoms with Crippen LogP contribution >= 0.6 is 0 Å². The van der Waals surface area contributed by atoms with E-state index >= 15 is 0 Å². The van der Waals surface area contributed by atoms with Gasteiger partial charge in [-0.3, -0.25) is 19.8 Å². The number of amides is 4. The lowest BCUT2D eigenvalue weighted by Gasteiger charge is -2.25. The molecule has 0 saturated heterocycles. The van der Waals surface area contributed by atoms with E-state index in [0.717, 1.165) is 27.0 Å². The number of nitrogens with zero attached hydrogens (tertiary/aromatic N) is 3. The Morgan fingerprint density at radius 3 is 2.33 bits per heavy atom. The highest BCUT2D eigenvalue weighted by molar-refractivity contribution is 6.02. The van der Waals surface area contributed by atoms with Crippen LogP contribution in [0.5, 0.6) is 5.75 Å². The maximum Gasteiger partial charge on any atom is 0.328 e. The smallest absolute Gasteiger partial charge is 0.328 e. The molecule has 39 heavy (non-hydrogen) atoms. The van der Waals surface area contributed by atoms with Crippen molar-refractivity contribution in [1.29, 1.82) is 0 Å². The van der Waals surface area contributed by atoms with Crippen molar-refractivity contribution < 1.29 is 33.4 Å². The van der Waals surface area contributed by atoms with Crippen molar-refractivity contribution in [3.8, 4) is 5.75 Å². The fourth-order valence-electron chi connectivity index (χ4n) is 3.17. The zero-order valence-corrected chi connectivity index (χ0v) is 22.8. The van der Waals surface area contributed by atoms with E-state index in [2.05, 4.69) is 15.6 Å². The lowest BCUT2D eigenvalue weighted by atomic mass is 10.1. The maximum absolute atomic E-state index is 14.6. The van der Waals surface area contributed by atoms with Gasteiger partial charge in [-0.25, -0.2) is 19.0 Å². The Balaban J connectivity index is 2.33. The normalized spacial score (nSPS) is 11.5. The number of urea groups is 1. The summed E-state index contributed by atoms with van der Waals surface area (Å²) in [5, 5.41) is 14.0. The molecular weight excluding hydrogens is 509 g/mol. The van der Waals surface area contributed by atoms with Crippen molar-refractivity contribution in [1.82, 2.24) is 20.4 Å². The van der Waals surface area contributed by atoms with Crippen molar-refractivity contribution in [2.45, 2.75) is 52.8 Å². The topological polar surface area (TPSA) is 141 Å². The van der Waals surface area contributed by atoms with Crippen molar-refractivity contribution in [2.24, 2.45) is 4.99 Å². The van der Waals surface area contributed by atoms with Crippen molar-refractivity contribution in [3.63, 3.8) is 0 Å². The summed E-state index contributed by atoms with van der Waals surface area (Å²) in [5.74, 6) is -2.83. The van der Waals surface area contributed by atoms with Gasteiger partial charge in [-0.15, -0.1) is 0 Å². The number of guanidine groups is 1. The van der Waals surface area contributed by atoms with Crippen LogP contribution in [0.3, 0.4) is 0 Å². The highest BCUT2D eigenvalue weighted by Crippen LogP contribution is 2.24. The Morgan fingerprint density at radius 1 is 1.15 bits per heavy atom. The standard InChI is InChI=1S/C27H34FN5O6/c1-17(2)39-22-12-11-20(13-21(22)28)29-25(33(16-34)14-19-9-7-18(3)8-10-19)30-26(38)32(6)15-23(35)31-27(4,5)24(36)37/h7-13,16-17H,14-15H2,1-6H3,(H,31,35)(H,36,37)(H,29,30,38). The monoisotopic (exact) mass is 543 g/mol. The number of likely N-dealkylation sites (N-methyl/N-ethyl adjacent to an activating group) is 1. The molecule has 0 aliphatic heterocycles. The number of carbonyl (C=O) groups excluding carboxylic acids is 3. The van der Waals surface area contributed by atoms with Gasteiger partial charge in [0.15, 0.2) is 11.6 Å². The van der Waals surface area contributed by atoms with Crippen molar-refractivity contribution in [3.05, 3.63) is 59.4 Å². The number of nitrogens with one attached hydrogen (secondary N) is 2. The number of rotatable bonds is 10. The summed E-state index contributed by atoms with van der Waals surface area (Å²) >= 11 is 0. The van der Waals surface area contributed by atoms with E-state index in [0.29, 0.717) is 6.41 Å². The van der Waals surface area contributed by atoms with Gasteiger partial charge < -0.3 is 20.1 Å². The van der Waals surface area contributed by atoms with Crippen LogP contribution < -0.4 is 15.4 Å². The van der Waals surface area contributed by atoms with Crippen LogP contribution in [0.15, 0.2) is 47.5 Å². The van der Waals surface area contributed by atoms with Crippen LogP contribution in [-0.2, 0) is 20.9 Å². The summed E-state index contributed by atoms with van der Waals surface area (Å²) in [7, 11) is 1.31. The minimum absolute atomic E-state index is 0.0245. The van der Waals surface area contributed by atoms with Crippen LogP contribution in [0, 0.1) is 12.7 Å². The zero-order valence-electron chi connectivity index (χ0n) is 22.8. The van der Waals surface area contributed by atoms with Gasteiger partial charge in [0.05, 0.1) is 18.3 Å². The molecule has 4 amide bonds. The molecule has 0 spiro atoms. The van der Waals surface area contributed by atoms with E-state index < -0.39 is 35.8 Å². The molecular formula is C27H34FN5O6. The zero-order chi connectivity index (χ0) is 29.3. The number of aliphatic carboxylic acids is 1. The molecule has 2 rings (SSSR count). The van der Waals surface area contributed by atoms with Crippen LogP contribution in [0.4, 0.5) is 14.9 Å². The minimum atomic E-state index is -1.54. The van der Waals surface area contributed by atoms with E-state index in [1.807, 2.05) is 31.2 Å². The molecule has 0 radical (unpaired) electrons. The van der Waals surface area contributed by atoms with Gasteiger partial charge >= 0.3 is 12.0 Å². The number of aliphatic imine (C=N–C) groups is 1. The molecule has 0 heterocycles. The summed E-state index contributed by atoms with van der Waals surface area (Å²) in [5.41, 5.74) is 0.311. The summed E-state index contributed by atoms with van der Waals surface area (Å²) < 4.78 is 20.0. The molecule has 11 nitrogen and oxygen atoms in total. The lowest BCUT2D eigenvalue weighted by molar-refractivity contribution is -0.146. The van der Waals surface area contributed by atoms with Gasteiger partial charge in [-0.05, 0) is 52.3 Å². The molecule has 0 atom stereocenters. The first-order valence-corrected chi connectivity index (χ1v) is 12.1. The Labute approximate surface area is 226 Å². The molecule has 3 N–H and O–H groups in total. The second-order valence-corrected chi connectivity index (χ2v) is 9.70. The van der Waals surface area contributed by atoms with Crippen molar-refractivity contribution >= 4 is 36.0 Å². The Kier molecular flexibility index (Phi) is 10.5. The molecule has 0 aliphatic carbocycles. The first-order valence-electron chi connectivity index (χ1n) is 12.1. The van der Waals surface area contributed by atoms with Gasteiger partial charge in [-0.1, -0.05) is 29.8 Å². The van der Waals surface area contributed by atoms with E-state index in [4.69, 9.17) is 4.74 Å². The molecule has 12 heteroatoms. The Bertz CT molecular complexity index is 1230. The second-order valence-electron chi connectivity index (χ2n) is 9.70. The Hall–Kier alpha value is -4.48. The summed E-state index contributed by atoms with van der Waals surface area (Å²) in [6.07, 6.45) is 0.214. The molecule has 0 unspecified atom stereocenters. The van der Waals surface area contributed by atoms with E-state index in [9.17, 15) is 28.7 Å². The quantitative estimate of drug-likeness (QED) is 0.239. The molecule has 0 aromatic heterocycles. The minimum Gasteiger partial charge on any atom is -0.488 e. The third kappa shape index (κ3) is 9.40. The SMILES string of the molecule is Cc1ccc(CN(C=O)C(=Nc2ccc(OC(C)C)c(F)c2)NC(=O)N(C)CC(=O)NC(C)(C)C(=O)O)cc1. The van der Waals surface area contributed by atoms with Crippen LogP contribution in [0.2, 0.25) is 0 Å². The van der Waals surface area contributed by atoms with Gasteiger partial charge in [0.25, 0.3) is 0 Å². The number of carboxylic acid groups (broad SMARTS) is 1. The third-order valence-electron chi connectivity index (χ3n) is 5.32. The van der Waals surface area contributed by atoms with Crippen LogP contribution in [-0.4, -0.2) is 70.4 Å². The second kappa shape index (κ2) is 13.4. The number of hydrogen-bond donors (Lipinski definition) is 3. The molecule has 2 aromatic rings. The molecule has 0 bridgehead atoms. The average molecular weight is 544 g/mol. The van der Waals surface area contributed by atoms with Crippen LogP contribution in [0.25, 0.3) is 0 Å². The fraction of sp³-hybridized carbons (Fsp3) is 0.370. The predicted molar refractivity (Wildman–Crippen MR) is 143 cm³/mol. The van der Waals surface area contributed by atoms with E-state index in [-0.39, 0.29) is 30.0 Å². The molecule has 0 aliphatic rings. The highest BCUT2D eigenvalue weighted by Gasteiger charge is 2.30. The molecule has 0 fully saturated rings. The summed E-state index contributed by atoms with van der Waals surface area (Å²) in [6.45, 7) is 7.60. The molecule has 0 saturated carbocycles. The summed E-state index contributed by atoms with van der Waals surface area (Å²) in [4.78, 5) is 55.0. The average Bonchev–Trinajstić information content (AvgIpc) is 2.84. The largest absolute Gasteiger partial charge is 0.488 e. The Morgan fingerprint density at radius 2 is 1.79 bits per heavy atom. The van der Waals surface area contributed by atoms with E-state index in [1.165, 1.54) is 33.0 Å². The number of ether oxygens (including phenoxy) is 1. The maximum atomic E-state index is 14.6. The number of benzene rings is 2.